The Labute approximate surface area is 105 Å². The van der Waals surface area contributed by atoms with Gasteiger partial charge in [-0.2, -0.15) is 0 Å². The lowest BCUT2D eigenvalue weighted by Crippen LogP contribution is -2.21. The number of carboxylic acids is 1. The van der Waals surface area contributed by atoms with Crippen LogP contribution in [0.4, 0.5) is 0 Å². The molecular weight excluding hydrogens is 238 g/mol. The van der Waals surface area contributed by atoms with Gasteiger partial charge in [0, 0.05) is 17.9 Å². The van der Waals surface area contributed by atoms with Crippen LogP contribution in [0.1, 0.15) is 34.8 Å². The number of carboxylic acid groups (broad SMARTS) is 1. The Hall–Kier alpha value is -0.940. The normalized spacial score (nSPS) is 20.4. The van der Waals surface area contributed by atoms with E-state index in [2.05, 4.69) is 4.98 Å². The number of aryl methyl sites for hydroxylation is 1. The zero-order valence-electron chi connectivity index (χ0n) is 9.94. The van der Waals surface area contributed by atoms with Crippen molar-refractivity contribution in [2.75, 3.05) is 6.61 Å². The Morgan fingerprint density at radius 2 is 2.41 bits per heavy atom. The fraction of sp³-hybridized carbons (Fsp3) is 0.667. The van der Waals surface area contributed by atoms with E-state index in [1.807, 2.05) is 6.92 Å². The number of thiazole rings is 1. The van der Waals surface area contributed by atoms with Crippen molar-refractivity contribution in [2.24, 2.45) is 0 Å². The maximum Gasteiger partial charge on any atom is 0.308 e. The average molecular weight is 255 g/mol. The third-order valence-corrected chi connectivity index (χ3v) is 4.10. The molecule has 0 bridgehead atoms. The summed E-state index contributed by atoms with van der Waals surface area (Å²) in [6, 6.07) is 0. The SMILES string of the molecule is Cc1nc(CC2CCCCO2)sc1CC(=O)O. The summed E-state index contributed by atoms with van der Waals surface area (Å²) >= 11 is 1.51. The lowest BCUT2D eigenvalue weighted by molar-refractivity contribution is -0.136. The van der Waals surface area contributed by atoms with Gasteiger partial charge in [0.1, 0.15) is 0 Å². The highest BCUT2D eigenvalue weighted by molar-refractivity contribution is 7.11. The smallest absolute Gasteiger partial charge is 0.308 e. The first-order valence-electron chi connectivity index (χ1n) is 5.93. The van der Waals surface area contributed by atoms with Gasteiger partial charge in [-0.05, 0) is 26.2 Å². The largest absolute Gasteiger partial charge is 0.481 e. The van der Waals surface area contributed by atoms with Gasteiger partial charge in [0.05, 0.1) is 23.2 Å². The molecule has 1 aromatic heterocycles. The fourth-order valence-corrected chi connectivity index (χ4v) is 3.17. The van der Waals surface area contributed by atoms with Crippen molar-refractivity contribution in [3.63, 3.8) is 0 Å². The molecule has 0 aliphatic carbocycles. The van der Waals surface area contributed by atoms with Crippen LogP contribution >= 0.6 is 11.3 Å². The Morgan fingerprint density at radius 3 is 3.06 bits per heavy atom. The van der Waals surface area contributed by atoms with Crippen molar-refractivity contribution in [2.45, 2.75) is 45.1 Å². The summed E-state index contributed by atoms with van der Waals surface area (Å²) < 4.78 is 5.66. The molecule has 0 radical (unpaired) electrons. The highest BCUT2D eigenvalue weighted by Gasteiger charge is 2.18. The lowest BCUT2D eigenvalue weighted by atomic mass is 10.1. The first-order chi connectivity index (χ1) is 8.15. The minimum atomic E-state index is -0.794. The van der Waals surface area contributed by atoms with Crippen LogP contribution in [0.3, 0.4) is 0 Å². The highest BCUT2D eigenvalue weighted by atomic mass is 32.1. The van der Waals surface area contributed by atoms with Crippen molar-refractivity contribution < 1.29 is 14.6 Å². The average Bonchev–Trinajstić information content (AvgIpc) is 2.59. The summed E-state index contributed by atoms with van der Waals surface area (Å²) in [6.45, 7) is 2.72. The van der Waals surface area contributed by atoms with Crippen LogP contribution in [0.5, 0.6) is 0 Å². The maximum atomic E-state index is 10.7. The molecule has 1 saturated heterocycles. The number of rotatable bonds is 4. The van der Waals surface area contributed by atoms with E-state index in [0.29, 0.717) is 0 Å². The third-order valence-electron chi connectivity index (χ3n) is 2.93. The van der Waals surface area contributed by atoms with Crippen LogP contribution in [0.2, 0.25) is 0 Å². The number of ether oxygens (including phenoxy) is 1. The molecule has 1 atom stereocenters. The molecule has 2 heterocycles. The minimum absolute atomic E-state index is 0.0784. The van der Waals surface area contributed by atoms with Gasteiger partial charge in [-0.15, -0.1) is 11.3 Å². The number of carbonyl (C=O) groups is 1. The van der Waals surface area contributed by atoms with E-state index in [0.717, 1.165) is 41.4 Å². The molecule has 5 heteroatoms. The number of hydrogen-bond donors (Lipinski definition) is 1. The van der Waals surface area contributed by atoms with E-state index < -0.39 is 5.97 Å². The molecule has 0 spiro atoms. The molecule has 94 valence electrons. The summed E-state index contributed by atoms with van der Waals surface area (Å²) in [5.74, 6) is -0.794. The van der Waals surface area contributed by atoms with E-state index >= 15 is 0 Å². The predicted molar refractivity (Wildman–Crippen MR) is 65.5 cm³/mol. The topological polar surface area (TPSA) is 59.4 Å². The van der Waals surface area contributed by atoms with Crippen LogP contribution in [-0.4, -0.2) is 28.8 Å². The van der Waals surface area contributed by atoms with Gasteiger partial charge in [-0.1, -0.05) is 0 Å². The predicted octanol–water partition coefficient (Wildman–Crippen LogP) is 2.19. The molecule has 1 aliphatic rings. The van der Waals surface area contributed by atoms with E-state index in [1.165, 1.54) is 17.8 Å². The van der Waals surface area contributed by atoms with Gasteiger partial charge >= 0.3 is 5.97 Å². The van der Waals surface area contributed by atoms with E-state index in [-0.39, 0.29) is 12.5 Å². The second-order valence-corrected chi connectivity index (χ2v) is 5.55. The third kappa shape index (κ3) is 3.51. The molecule has 1 N–H and O–H groups in total. The molecule has 1 fully saturated rings. The van der Waals surface area contributed by atoms with E-state index in [1.54, 1.807) is 0 Å². The number of nitrogens with zero attached hydrogens (tertiary/aromatic N) is 1. The van der Waals surface area contributed by atoms with Gasteiger partial charge in [-0.25, -0.2) is 4.98 Å². The zero-order chi connectivity index (χ0) is 12.3. The standard InChI is InChI=1S/C12H17NO3S/c1-8-10(7-12(14)15)17-11(13-8)6-9-4-2-3-5-16-9/h9H,2-7H2,1H3,(H,14,15). The number of aromatic nitrogens is 1. The molecule has 4 nitrogen and oxygen atoms in total. The first kappa shape index (κ1) is 12.5. The zero-order valence-corrected chi connectivity index (χ0v) is 10.8. The monoisotopic (exact) mass is 255 g/mol. The van der Waals surface area contributed by atoms with E-state index in [9.17, 15) is 4.79 Å². The molecular formula is C12H17NO3S. The van der Waals surface area contributed by atoms with Crippen LogP contribution in [0.15, 0.2) is 0 Å². The van der Waals surface area contributed by atoms with Crippen molar-refractivity contribution in [3.8, 4) is 0 Å². The molecule has 1 aliphatic heterocycles. The second-order valence-electron chi connectivity index (χ2n) is 4.38. The lowest BCUT2D eigenvalue weighted by Gasteiger charge is -2.21. The van der Waals surface area contributed by atoms with Crippen molar-refractivity contribution in [1.82, 2.24) is 4.98 Å². The van der Waals surface area contributed by atoms with Crippen LogP contribution in [0, 0.1) is 6.92 Å². The number of hydrogen-bond acceptors (Lipinski definition) is 4. The Morgan fingerprint density at radius 1 is 1.59 bits per heavy atom. The summed E-state index contributed by atoms with van der Waals surface area (Å²) in [6.07, 6.45) is 4.63. The second kappa shape index (κ2) is 5.60. The van der Waals surface area contributed by atoms with Gasteiger partial charge in [0.2, 0.25) is 0 Å². The molecule has 1 aromatic rings. The quantitative estimate of drug-likeness (QED) is 0.896. The first-order valence-corrected chi connectivity index (χ1v) is 6.75. The summed E-state index contributed by atoms with van der Waals surface area (Å²) in [5, 5.41) is 9.78. The van der Waals surface area contributed by atoms with Crippen LogP contribution < -0.4 is 0 Å². The van der Waals surface area contributed by atoms with Crippen LogP contribution in [0.25, 0.3) is 0 Å². The fourth-order valence-electron chi connectivity index (χ4n) is 2.04. The molecule has 2 rings (SSSR count). The van der Waals surface area contributed by atoms with Gasteiger partial charge in [0.25, 0.3) is 0 Å². The minimum Gasteiger partial charge on any atom is -0.481 e. The molecule has 0 aromatic carbocycles. The molecule has 1 unspecified atom stereocenters. The Bertz CT molecular complexity index is 396. The highest BCUT2D eigenvalue weighted by Crippen LogP contribution is 2.23. The summed E-state index contributed by atoms with van der Waals surface area (Å²) in [5.41, 5.74) is 0.850. The van der Waals surface area contributed by atoms with Crippen LogP contribution in [-0.2, 0) is 22.4 Å². The molecule has 17 heavy (non-hydrogen) atoms. The van der Waals surface area contributed by atoms with Gasteiger partial charge < -0.3 is 9.84 Å². The van der Waals surface area contributed by atoms with Crippen molar-refractivity contribution in [1.29, 1.82) is 0 Å². The molecule has 0 saturated carbocycles. The van der Waals surface area contributed by atoms with Gasteiger partial charge in [-0.3, -0.25) is 4.79 Å². The van der Waals surface area contributed by atoms with Gasteiger partial charge in [0.15, 0.2) is 0 Å². The summed E-state index contributed by atoms with van der Waals surface area (Å²) in [4.78, 5) is 16.0. The Balaban J connectivity index is 1.98. The van der Waals surface area contributed by atoms with Crippen molar-refractivity contribution >= 4 is 17.3 Å². The number of aliphatic carboxylic acids is 1. The maximum absolute atomic E-state index is 10.7. The Kier molecular flexibility index (Phi) is 4.12. The molecule has 0 amide bonds. The van der Waals surface area contributed by atoms with E-state index in [4.69, 9.17) is 9.84 Å². The van der Waals surface area contributed by atoms with Crippen molar-refractivity contribution in [3.05, 3.63) is 15.6 Å². The summed E-state index contributed by atoms with van der Waals surface area (Å²) in [7, 11) is 0.